The molecule has 0 aliphatic carbocycles. The van der Waals surface area contributed by atoms with Crippen molar-refractivity contribution in [3.05, 3.63) is 70.4 Å². The van der Waals surface area contributed by atoms with Crippen molar-refractivity contribution >= 4 is 23.7 Å². The maximum Gasteiger partial charge on any atom is 0.410 e. The van der Waals surface area contributed by atoms with E-state index >= 15 is 0 Å². The van der Waals surface area contributed by atoms with Crippen LogP contribution in [0.5, 0.6) is 5.75 Å². The lowest BCUT2D eigenvalue weighted by Gasteiger charge is -2.32. The third-order valence-corrected chi connectivity index (χ3v) is 7.71. The predicted molar refractivity (Wildman–Crippen MR) is 155 cm³/mol. The van der Waals surface area contributed by atoms with Crippen LogP contribution in [0.1, 0.15) is 71.1 Å². The van der Waals surface area contributed by atoms with Gasteiger partial charge in [-0.25, -0.2) is 9.59 Å². The van der Waals surface area contributed by atoms with E-state index in [0.717, 1.165) is 53.9 Å². The maximum atomic E-state index is 13.8. The molecular formula is C32H37N3O6. The Morgan fingerprint density at radius 3 is 2.34 bits per heavy atom. The van der Waals surface area contributed by atoms with E-state index < -0.39 is 11.6 Å². The molecule has 9 nitrogen and oxygen atoms in total. The summed E-state index contributed by atoms with van der Waals surface area (Å²) in [4.78, 5) is 42.8. The first-order chi connectivity index (χ1) is 19.5. The Bertz CT molecular complexity index is 1500. The second-order valence-electron chi connectivity index (χ2n) is 11.7. The van der Waals surface area contributed by atoms with Crippen molar-refractivity contribution in [3.8, 4) is 17.0 Å². The molecule has 3 heterocycles. The van der Waals surface area contributed by atoms with Gasteiger partial charge in [0.25, 0.3) is 5.91 Å². The summed E-state index contributed by atoms with van der Waals surface area (Å²) in [7, 11) is 3.07. The summed E-state index contributed by atoms with van der Waals surface area (Å²) in [6.45, 7) is 7.09. The largest absolute Gasteiger partial charge is 0.508 e. The molecule has 0 atom stereocenters. The van der Waals surface area contributed by atoms with Gasteiger partial charge >= 0.3 is 12.1 Å². The Balaban J connectivity index is 1.55. The number of methoxy groups -OCH3 is 1. The zero-order valence-electron chi connectivity index (χ0n) is 24.3. The Kier molecular flexibility index (Phi) is 7.55. The lowest BCUT2D eigenvalue weighted by atomic mass is 9.92. The minimum absolute atomic E-state index is 0.134. The summed E-state index contributed by atoms with van der Waals surface area (Å²) in [5.41, 5.74) is 5.46. The molecule has 5 rings (SSSR count). The monoisotopic (exact) mass is 559 g/mol. The zero-order valence-corrected chi connectivity index (χ0v) is 24.3. The van der Waals surface area contributed by atoms with Gasteiger partial charge in [0.05, 0.1) is 18.2 Å². The third kappa shape index (κ3) is 5.66. The summed E-state index contributed by atoms with van der Waals surface area (Å²) in [6.07, 6.45) is 2.94. The van der Waals surface area contributed by atoms with Crippen LogP contribution in [0.15, 0.2) is 42.5 Å². The van der Waals surface area contributed by atoms with Crippen molar-refractivity contribution in [2.45, 2.75) is 65.1 Å². The lowest BCUT2D eigenvalue weighted by Crippen LogP contribution is -2.40. The smallest absolute Gasteiger partial charge is 0.410 e. The highest BCUT2D eigenvalue weighted by molar-refractivity contribution is 6.08. The molecule has 41 heavy (non-hydrogen) atoms. The number of phenols is 1. The van der Waals surface area contributed by atoms with E-state index in [4.69, 9.17) is 9.47 Å². The molecule has 0 bridgehead atoms. The van der Waals surface area contributed by atoms with Gasteiger partial charge in [-0.1, -0.05) is 0 Å². The molecule has 0 saturated heterocycles. The minimum atomic E-state index is -0.599. The molecule has 9 heteroatoms. The van der Waals surface area contributed by atoms with E-state index in [0.29, 0.717) is 36.3 Å². The van der Waals surface area contributed by atoms with Gasteiger partial charge in [-0.3, -0.25) is 4.79 Å². The molecule has 0 unspecified atom stereocenters. The topological polar surface area (TPSA) is 101 Å². The van der Waals surface area contributed by atoms with Gasteiger partial charge in [-0.15, -0.1) is 0 Å². The molecule has 1 N–H and O–H groups in total. The van der Waals surface area contributed by atoms with Gasteiger partial charge in [0.2, 0.25) is 0 Å². The van der Waals surface area contributed by atoms with Crippen LogP contribution in [0, 0.1) is 0 Å². The number of benzene rings is 2. The molecule has 2 aliphatic heterocycles. The normalized spacial score (nSPS) is 14.6. The molecule has 3 aromatic rings. The number of anilines is 1. The van der Waals surface area contributed by atoms with Crippen LogP contribution in [0.2, 0.25) is 0 Å². The highest BCUT2D eigenvalue weighted by Crippen LogP contribution is 2.36. The van der Waals surface area contributed by atoms with Crippen LogP contribution in [0.3, 0.4) is 0 Å². The number of ether oxygens (including phenoxy) is 2. The molecule has 0 fully saturated rings. The number of phenolic OH excluding ortho intramolecular Hbond substituents is 1. The minimum Gasteiger partial charge on any atom is -0.508 e. The van der Waals surface area contributed by atoms with Gasteiger partial charge in [-0.2, -0.15) is 0 Å². The van der Waals surface area contributed by atoms with Crippen molar-refractivity contribution in [3.63, 3.8) is 0 Å². The fourth-order valence-electron chi connectivity index (χ4n) is 5.64. The van der Waals surface area contributed by atoms with Crippen molar-refractivity contribution in [2.24, 2.45) is 0 Å². The van der Waals surface area contributed by atoms with E-state index in [2.05, 4.69) is 4.57 Å². The first-order valence-electron chi connectivity index (χ1n) is 14.0. The number of fused-ring (bicyclic) bond motifs is 2. The Morgan fingerprint density at radius 1 is 0.927 bits per heavy atom. The summed E-state index contributed by atoms with van der Waals surface area (Å²) in [6, 6.07) is 12.2. The molecule has 2 aromatic carbocycles. The summed E-state index contributed by atoms with van der Waals surface area (Å²) in [5.74, 6) is -0.495. The number of esters is 1. The molecule has 0 saturated carbocycles. The third-order valence-electron chi connectivity index (χ3n) is 7.71. The van der Waals surface area contributed by atoms with Crippen LogP contribution >= 0.6 is 0 Å². The number of aromatic nitrogens is 1. The van der Waals surface area contributed by atoms with Gasteiger partial charge in [-0.05, 0) is 100 Å². The second kappa shape index (κ2) is 11.0. The fourth-order valence-corrected chi connectivity index (χ4v) is 5.64. The van der Waals surface area contributed by atoms with Gasteiger partial charge in [0, 0.05) is 49.3 Å². The van der Waals surface area contributed by atoms with E-state index in [-0.39, 0.29) is 17.7 Å². The van der Waals surface area contributed by atoms with Crippen molar-refractivity contribution in [1.29, 1.82) is 0 Å². The van der Waals surface area contributed by atoms with E-state index in [1.54, 1.807) is 41.1 Å². The van der Waals surface area contributed by atoms with Crippen LogP contribution < -0.4 is 4.90 Å². The van der Waals surface area contributed by atoms with Crippen LogP contribution in [-0.4, -0.2) is 58.8 Å². The zero-order chi connectivity index (χ0) is 29.5. The van der Waals surface area contributed by atoms with Crippen LogP contribution in [0.25, 0.3) is 11.3 Å². The predicted octanol–water partition coefficient (Wildman–Crippen LogP) is 5.55. The van der Waals surface area contributed by atoms with Gasteiger partial charge in [0.1, 0.15) is 11.4 Å². The van der Waals surface area contributed by atoms with E-state index in [1.807, 2.05) is 39.0 Å². The first kappa shape index (κ1) is 28.3. The van der Waals surface area contributed by atoms with Crippen LogP contribution in [-0.2, 0) is 35.4 Å². The number of nitrogens with zero attached hydrogens (tertiary/aromatic N) is 3. The summed E-state index contributed by atoms with van der Waals surface area (Å²) >= 11 is 0. The van der Waals surface area contributed by atoms with Gasteiger partial charge in [0.15, 0.2) is 0 Å². The van der Waals surface area contributed by atoms with Crippen molar-refractivity contribution < 1.29 is 29.0 Å². The molecule has 0 spiro atoms. The standard InChI is InChI=1S/C32H37N3O6/c1-32(2,3)41-31(39)34-15-13-20-16-24(25(30(38)40-5)17-21(20)19-34)28-18-26(27-8-6-7-14-35(27)28)29(37)33(4)22-9-11-23(36)12-10-22/h9-12,16-18,36H,6-8,13-15,19H2,1-5H3. The Labute approximate surface area is 240 Å². The highest BCUT2D eigenvalue weighted by Gasteiger charge is 2.31. The first-order valence-corrected chi connectivity index (χ1v) is 14.0. The van der Waals surface area contributed by atoms with E-state index in [1.165, 1.54) is 7.11 Å². The molecule has 2 amide bonds. The van der Waals surface area contributed by atoms with Crippen molar-refractivity contribution in [1.82, 2.24) is 9.47 Å². The Hall–Kier alpha value is -4.27. The number of hydrogen-bond donors (Lipinski definition) is 1. The average molecular weight is 560 g/mol. The average Bonchev–Trinajstić information content (AvgIpc) is 3.34. The lowest BCUT2D eigenvalue weighted by molar-refractivity contribution is 0.0224. The fraction of sp³-hybridized carbons (Fsp3) is 0.406. The second-order valence-corrected chi connectivity index (χ2v) is 11.7. The van der Waals surface area contributed by atoms with Gasteiger partial charge < -0.3 is 28.9 Å². The summed E-state index contributed by atoms with van der Waals surface area (Å²) < 4.78 is 12.9. The Morgan fingerprint density at radius 2 is 1.66 bits per heavy atom. The number of carbonyl (C=O) groups excluding carboxylic acids is 3. The quantitative estimate of drug-likeness (QED) is 0.421. The number of carbonyl (C=O) groups is 3. The molecular weight excluding hydrogens is 522 g/mol. The molecule has 216 valence electrons. The molecule has 0 radical (unpaired) electrons. The van der Waals surface area contributed by atoms with E-state index in [9.17, 15) is 19.5 Å². The highest BCUT2D eigenvalue weighted by atomic mass is 16.6. The van der Waals surface area contributed by atoms with Crippen LogP contribution in [0.4, 0.5) is 10.5 Å². The number of amides is 2. The number of aromatic hydroxyl groups is 1. The number of hydrogen-bond acceptors (Lipinski definition) is 6. The SMILES string of the molecule is COC(=O)c1cc2c(cc1-c1cc(C(=O)N(C)c3ccc(O)cc3)c3n1CCCC3)CCN(C(=O)OC(C)(C)C)C2. The number of rotatable bonds is 4. The molecule has 2 aliphatic rings. The molecule has 1 aromatic heterocycles. The summed E-state index contributed by atoms with van der Waals surface area (Å²) in [5, 5.41) is 9.67. The van der Waals surface area contributed by atoms with Crippen molar-refractivity contribution in [2.75, 3.05) is 25.6 Å². The maximum absolute atomic E-state index is 13.8.